The topological polar surface area (TPSA) is 48.0 Å². The number of thioether (sulfide) groups is 1. The lowest BCUT2D eigenvalue weighted by molar-refractivity contribution is 0.621. The van der Waals surface area contributed by atoms with Gasteiger partial charge in [-0.25, -0.2) is 0 Å². The van der Waals surface area contributed by atoms with E-state index in [9.17, 15) is 4.79 Å². The summed E-state index contributed by atoms with van der Waals surface area (Å²) in [5.41, 5.74) is 6.34. The zero-order valence-corrected chi connectivity index (χ0v) is 8.80. The zero-order chi connectivity index (χ0) is 9.97. The molecule has 0 aliphatic carbocycles. The fraction of sp³-hybridized carbons (Fsp3) is 0.500. The van der Waals surface area contributed by atoms with Crippen LogP contribution in [0.3, 0.4) is 0 Å². The molecule has 1 aliphatic rings. The number of hydrogen-bond donors (Lipinski definition) is 1. The lowest BCUT2D eigenvalue weighted by atomic mass is 10.2. The second-order valence-corrected chi connectivity index (χ2v) is 5.00. The van der Waals surface area contributed by atoms with Crippen LogP contribution in [0, 0.1) is 0 Å². The van der Waals surface area contributed by atoms with Gasteiger partial charge in [-0.05, 0) is 24.7 Å². The molecule has 1 aromatic rings. The fourth-order valence-corrected chi connectivity index (χ4v) is 2.97. The third kappa shape index (κ3) is 2.12. The zero-order valence-electron chi connectivity index (χ0n) is 7.98. The summed E-state index contributed by atoms with van der Waals surface area (Å²) in [7, 11) is 0. The molecule has 1 unspecified atom stereocenters. The van der Waals surface area contributed by atoms with Gasteiger partial charge in [0.1, 0.15) is 0 Å². The van der Waals surface area contributed by atoms with E-state index in [4.69, 9.17) is 5.73 Å². The molecule has 0 saturated carbocycles. The van der Waals surface area contributed by atoms with E-state index in [0.717, 1.165) is 6.54 Å². The third-order valence-electron chi connectivity index (χ3n) is 2.43. The van der Waals surface area contributed by atoms with Gasteiger partial charge in [0.2, 0.25) is 0 Å². The smallest absolute Gasteiger partial charge is 0.250 e. The Hall–Kier alpha value is -0.900. The molecule has 1 fully saturated rings. The van der Waals surface area contributed by atoms with E-state index >= 15 is 0 Å². The maximum absolute atomic E-state index is 11.5. The minimum absolute atomic E-state index is 0.0479. The van der Waals surface area contributed by atoms with Crippen LogP contribution in [-0.4, -0.2) is 15.6 Å². The van der Waals surface area contributed by atoms with Crippen molar-refractivity contribution in [3.05, 3.63) is 28.7 Å². The number of anilines is 1. The molecule has 2 rings (SSSR count). The van der Waals surface area contributed by atoms with Gasteiger partial charge in [0.25, 0.3) is 5.56 Å². The Morgan fingerprint density at radius 3 is 3.14 bits per heavy atom. The van der Waals surface area contributed by atoms with Gasteiger partial charge in [-0.1, -0.05) is 0 Å². The summed E-state index contributed by atoms with van der Waals surface area (Å²) in [4.78, 5) is 11.5. The molecule has 76 valence electrons. The van der Waals surface area contributed by atoms with E-state index in [0.29, 0.717) is 10.9 Å². The molecule has 1 atom stereocenters. The van der Waals surface area contributed by atoms with Gasteiger partial charge >= 0.3 is 0 Å². The summed E-state index contributed by atoms with van der Waals surface area (Å²) >= 11 is 1.95. The Morgan fingerprint density at radius 2 is 2.43 bits per heavy atom. The van der Waals surface area contributed by atoms with Crippen LogP contribution < -0.4 is 11.3 Å². The summed E-state index contributed by atoms with van der Waals surface area (Å²) in [6.07, 6.45) is 4.22. The standard InChI is InChI=1S/C10H14N2OS/c11-8-3-4-10(13)12(6-8)7-9-2-1-5-14-9/h3-4,6,9H,1-2,5,7,11H2. The number of rotatable bonds is 2. The Balaban J connectivity index is 2.15. The number of nitrogens with two attached hydrogens (primary N) is 1. The molecule has 4 heteroatoms. The molecule has 1 aliphatic heterocycles. The minimum atomic E-state index is 0.0479. The van der Waals surface area contributed by atoms with Crippen molar-refractivity contribution in [2.75, 3.05) is 11.5 Å². The van der Waals surface area contributed by atoms with Crippen molar-refractivity contribution < 1.29 is 0 Å². The summed E-state index contributed by atoms with van der Waals surface area (Å²) < 4.78 is 1.72. The molecular formula is C10H14N2OS. The first kappa shape index (κ1) is 9.65. The van der Waals surface area contributed by atoms with Crippen molar-refractivity contribution >= 4 is 17.4 Å². The number of hydrogen-bond acceptors (Lipinski definition) is 3. The van der Waals surface area contributed by atoms with Gasteiger partial charge < -0.3 is 10.3 Å². The Kier molecular flexibility index (Phi) is 2.82. The number of aromatic nitrogens is 1. The van der Waals surface area contributed by atoms with E-state index < -0.39 is 0 Å². The number of nitrogens with zero attached hydrogens (tertiary/aromatic N) is 1. The quantitative estimate of drug-likeness (QED) is 0.801. The third-order valence-corrected chi connectivity index (χ3v) is 3.81. The summed E-state index contributed by atoms with van der Waals surface area (Å²) in [5, 5.41) is 0.592. The molecular weight excluding hydrogens is 196 g/mol. The highest BCUT2D eigenvalue weighted by Crippen LogP contribution is 2.26. The molecule has 0 bridgehead atoms. The predicted octanol–water partition coefficient (Wildman–Crippen LogP) is 1.33. The Morgan fingerprint density at radius 1 is 1.57 bits per heavy atom. The number of pyridine rings is 1. The van der Waals surface area contributed by atoms with Gasteiger partial charge in [0, 0.05) is 29.7 Å². The van der Waals surface area contributed by atoms with Gasteiger partial charge in [0.05, 0.1) is 0 Å². The van der Waals surface area contributed by atoms with E-state index in [1.165, 1.54) is 24.7 Å². The van der Waals surface area contributed by atoms with Gasteiger partial charge in [-0.15, -0.1) is 0 Å². The minimum Gasteiger partial charge on any atom is -0.398 e. The average Bonchev–Trinajstić information content (AvgIpc) is 2.64. The van der Waals surface area contributed by atoms with Gasteiger partial charge in [-0.2, -0.15) is 11.8 Å². The monoisotopic (exact) mass is 210 g/mol. The van der Waals surface area contributed by atoms with Crippen LogP contribution in [0.2, 0.25) is 0 Å². The first-order valence-electron chi connectivity index (χ1n) is 4.83. The van der Waals surface area contributed by atoms with Crippen LogP contribution in [0.5, 0.6) is 0 Å². The molecule has 3 nitrogen and oxygen atoms in total. The fourth-order valence-electron chi connectivity index (χ4n) is 1.70. The van der Waals surface area contributed by atoms with Gasteiger partial charge in [0.15, 0.2) is 0 Å². The van der Waals surface area contributed by atoms with Crippen LogP contribution in [-0.2, 0) is 6.54 Å². The summed E-state index contributed by atoms with van der Waals surface area (Å²) in [6.45, 7) is 0.800. The number of nitrogen functional groups attached to an aromatic ring is 1. The van der Waals surface area contributed by atoms with Crippen LogP contribution in [0.25, 0.3) is 0 Å². The summed E-state index contributed by atoms with van der Waals surface area (Å²) in [5.74, 6) is 1.22. The maximum Gasteiger partial charge on any atom is 0.250 e. The summed E-state index contributed by atoms with van der Waals surface area (Å²) in [6, 6.07) is 3.19. The van der Waals surface area contributed by atoms with E-state index in [-0.39, 0.29) is 5.56 Å². The Labute approximate surface area is 87.3 Å². The lowest BCUT2D eigenvalue weighted by Crippen LogP contribution is -2.23. The second-order valence-electron chi connectivity index (χ2n) is 3.59. The largest absolute Gasteiger partial charge is 0.398 e. The molecule has 14 heavy (non-hydrogen) atoms. The highest BCUT2D eigenvalue weighted by atomic mass is 32.2. The van der Waals surface area contributed by atoms with Crippen molar-refractivity contribution in [3.63, 3.8) is 0 Å². The van der Waals surface area contributed by atoms with Gasteiger partial charge in [-0.3, -0.25) is 4.79 Å². The average molecular weight is 210 g/mol. The lowest BCUT2D eigenvalue weighted by Gasteiger charge is -2.11. The SMILES string of the molecule is Nc1ccc(=O)n(CC2CCCS2)c1. The molecule has 1 saturated heterocycles. The highest BCUT2D eigenvalue weighted by Gasteiger charge is 2.16. The molecule has 0 radical (unpaired) electrons. The molecule has 1 aromatic heterocycles. The first-order valence-corrected chi connectivity index (χ1v) is 5.88. The maximum atomic E-state index is 11.5. The highest BCUT2D eigenvalue weighted by molar-refractivity contribution is 8.00. The predicted molar refractivity (Wildman–Crippen MR) is 60.6 cm³/mol. The van der Waals surface area contributed by atoms with Crippen LogP contribution >= 0.6 is 11.8 Å². The van der Waals surface area contributed by atoms with Crippen molar-refractivity contribution in [3.8, 4) is 0 Å². The van der Waals surface area contributed by atoms with Crippen LogP contribution in [0.4, 0.5) is 5.69 Å². The molecule has 2 N–H and O–H groups in total. The van der Waals surface area contributed by atoms with Crippen LogP contribution in [0.15, 0.2) is 23.1 Å². The second kappa shape index (κ2) is 4.09. The molecule has 2 heterocycles. The van der Waals surface area contributed by atoms with Crippen molar-refractivity contribution in [2.24, 2.45) is 0 Å². The van der Waals surface area contributed by atoms with Crippen LogP contribution in [0.1, 0.15) is 12.8 Å². The molecule has 0 amide bonds. The van der Waals surface area contributed by atoms with E-state index in [1.807, 2.05) is 11.8 Å². The first-order chi connectivity index (χ1) is 6.75. The molecule has 0 aromatic carbocycles. The van der Waals surface area contributed by atoms with Crippen molar-refractivity contribution in [2.45, 2.75) is 24.6 Å². The Bertz CT molecular complexity index is 369. The van der Waals surface area contributed by atoms with E-state index in [1.54, 1.807) is 16.8 Å². The van der Waals surface area contributed by atoms with Crippen molar-refractivity contribution in [1.29, 1.82) is 0 Å². The normalized spacial score (nSPS) is 21.3. The van der Waals surface area contributed by atoms with Crippen molar-refractivity contribution in [1.82, 2.24) is 4.57 Å². The molecule has 0 spiro atoms. The van der Waals surface area contributed by atoms with E-state index in [2.05, 4.69) is 0 Å².